The molecule has 0 aromatic heterocycles. The van der Waals surface area contributed by atoms with Gasteiger partial charge in [0.25, 0.3) is 0 Å². The van der Waals surface area contributed by atoms with E-state index in [-0.39, 0.29) is 12.5 Å². The van der Waals surface area contributed by atoms with E-state index in [0.29, 0.717) is 11.3 Å². The molecule has 30 heavy (non-hydrogen) atoms. The highest BCUT2D eigenvalue weighted by atomic mass is 16.5. The molecule has 0 saturated carbocycles. The fraction of sp³-hybridized carbons (Fsp3) is 0.391. The molecule has 0 unspecified atom stereocenters. The summed E-state index contributed by atoms with van der Waals surface area (Å²) in [6, 6.07) is 13.1. The van der Waals surface area contributed by atoms with Crippen molar-refractivity contribution in [3.05, 3.63) is 59.2 Å². The Morgan fingerprint density at radius 3 is 2.40 bits per heavy atom. The van der Waals surface area contributed by atoms with Gasteiger partial charge in [-0.05, 0) is 25.1 Å². The maximum atomic E-state index is 12.5. The van der Waals surface area contributed by atoms with Gasteiger partial charge in [0, 0.05) is 38.3 Å². The maximum Gasteiger partial charge on any atom is 0.339 e. The molecule has 2 aromatic rings. The molecule has 7 heteroatoms. The molecule has 2 aromatic carbocycles. The number of piperazine rings is 1. The molecule has 0 atom stereocenters. The normalized spacial score (nSPS) is 14.9. The standard InChI is InChI=1S/C23H29N3O4/c1-17-8-9-21(29-2)18(14-17)15-25-10-12-26(13-11-25)16-22(27)24-20-7-5-4-6-19(20)23(28)30-3/h4-9,14H,10-13,15-16H2,1-3H3,(H,24,27). The van der Waals surface area contributed by atoms with Crippen molar-refractivity contribution in [2.75, 3.05) is 52.3 Å². The summed E-state index contributed by atoms with van der Waals surface area (Å²) in [5.41, 5.74) is 3.22. The van der Waals surface area contributed by atoms with Gasteiger partial charge in [0.1, 0.15) is 5.75 Å². The topological polar surface area (TPSA) is 71.1 Å². The number of esters is 1. The van der Waals surface area contributed by atoms with Crippen LogP contribution in [0.15, 0.2) is 42.5 Å². The Labute approximate surface area is 177 Å². The van der Waals surface area contributed by atoms with E-state index in [1.165, 1.54) is 18.2 Å². The van der Waals surface area contributed by atoms with E-state index < -0.39 is 5.97 Å². The quantitative estimate of drug-likeness (QED) is 0.706. The zero-order valence-electron chi connectivity index (χ0n) is 17.8. The molecule has 1 fully saturated rings. The number of nitrogens with one attached hydrogen (secondary N) is 1. The number of benzene rings is 2. The summed E-state index contributed by atoms with van der Waals surface area (Å²) in [6.07, 6.45) is 0. The summed E-state index contributed by atoms with van der Waals surface area (Å²) >= 11 is 0. The van der Waals surface area contributed by atoms with Gasteiger partial charge in [0.15, 0.2) is 0 Å². The second kappa shape index (κ2) is 10.2. The van der Waals surface area contributed by atoms with Crippen LogP contribution in [0.25, 0.3) is 0 Å². The number of carbonyl (C=O) groups excluding carboxylic acids is 2. The molecule has 1 amide bonds. The van der Waals surface area contributed by atoms with E-state index in [9.17, 15) is 9.59 Å². The van der Waals surface area contributed by atoms with Crippen LogP contribution in [0.4, 0.5) is 5.69 Å². The maximum absolute atomic E-state index is 12.5. The highest BCUT2D eigenvalue weighted by Crippen LogP contribution is 2.22. The first-order valence-corrected chi connectivity index (χ1v) is 10.1. The number of para-hydroxylation sites is 1. The molecular formula is C23H29N3O4. The van der Waals surface area contributed by atoms with Crippen LogP contribution < -0.4 is 10.1 Å². The van der Waals surface area contributed by atoms with Crippen LogP contribution in [0, 0.1) is 6.92 Å². The SMILES string of the molecule is COC(=O)c1ccccc1NC(=O)CN1CCN(Cc2cc(C)ccc2OC)CC1. The highest BCUT2D eigenvalue weighted by molar-refractivity contribution is 6.01. The Hall–Kier alpha value is -2.90. The number of hydrogen-bond donors (Lipinski definition) is 1. The zero-order chi connectivity index (χ0) is 21.5. The molecule has 0 aliphatic carbocycles. The summed E-state index contributed by atoms with van der Waals surface area (Å²) in [7, 11) is 3.02. The van der Waals surface area contributed by atoms with Gasteiger partial charge >= 0.3 is 5.97 Å². The van der Waals surface area contributed by atoms with Crippen LogP contribution in [0.3, 0.4) is 0 Å². The van der Waals surface area contributed by atoms with E-state index in [2.05, 4.69) is 34.2 Å². The lowest BCUT2D eigenvalue weighted by molar-refractivity contribution is -0.117. The van der Waals surface area contributed by atoms with Gasteiger partial charge in [-0.3, -0.25) is 14.6 Å². The Bertz CT molecular complexity index is 892. The third-order valence-corrected chi connectivity index (χ3v) is 5.27. The number of ether oxygens (including phenoxy) is 2. The lowest BCUT2D eigenvalue weighted by Gasteiger charge is -2.34. The lowest BCUT2D eigenvalue weighted by atomic mass is 10.1. The van der Waals surface area contributed by atoms with E-state index in [1.54, 1.807) is 31.4 Å². The number of anilines is 1. The fourth-order valence-corrected chi connectivity index (χ4v) is 3.65. The van der Waals surface area contributed by atoms with Crippen molar-refractivity contribution in [1.29, 1.82) is 0 Å². The Kier molecular flexibility index (Phi) is 7.43. The molecular weight excluding hydrogens is 382 g/mol. The van der Waals surface area contributed by atoms with Crippen LogP contribution in [0.1, 0.15) is 21.5 Å². The Balaban J connectivity index is 1.51. The van der Waals surface area contributed by atoms with Crippen molar-refractivity contribution in [2.24, 2.45) is 0 Å². The number of methoxy groups -OCH3 is 2. The van der Waals surface area contributed by atoms with Crippen molar-refractivity contribution in [2.45, 2.75) is 13.5 Å². The fourth-order valence-electron chi connectivity index (χ4n) is 3.65. The van der Waals surface area contributed by atoms with Gasteiger partial charge in [0.05, 0.1) is 32.0 Å². The monoisotopic (exact) mass is 411 g/mol. The van der Waals surface area contributed by atoms with Crippen molar-refractivity contribution in [1.82, 2.24) is 9.80 Å². The number of carbonyl (C=O) groups is 2. The number of amides is 1. The largest absolute Gasteiger partial charge is 0.496 e. The first-order valence-electron chi connectivity index (χ1n) is 10.1. The molecule has 1 saturated heterocycles. The molecule has 0 spiro atoms. The van der Waals surface area contributed by atoms with Crippen molar-refractivity contribution >= 4 is 17.6 Å². The van der Waals surface area contributed by atoms with E-state index in [1.807, 2.05) is 6.07 Å². The van der Waals surface area contributed by atoms with Crippen molar-refractivity contribution < 1.29 is 19.1 Å². The van der Waals surface area contributed by atoms with Gasteiger partial charge < -0.3 is 14.8 Å². The second-order valence-electron chi connectivity index (χ2n) is 7.45. The van der Waals surface area contributed by atoms with Crippen LogP contribution >= 0.6 is 0 Å². The van der Waals surface area contributed by atoms with Crippen molar-refractivity contribution in [3.8, 4) is 5.75 Å². The number of hydrogen-bond acceptors (Lipinski definition) is 6. The van der Waals surface area contributed by atoms with Gasteiger partial charge in [-0.2, -0.15) is 0 Å². The van der Waals surface area contributed by atoms with Gasteiger partial charge in [-0.15, -0.1) is 0 Å². The second-order valence-corrected chi connectivity index (χ2v) is 7.45. The molecule has 3 rings (SSSR count). The smallest absolute Gasteiger partial charge is 0.339 e. The molecule has 1 aliphatic heterocycles. The summed E-state index contributed by atoms with van der Waals surface area (Å²) in [5.74, 6) is 0.304. The predicted octanol–water partition coefficient (Wildman–Crippen LogP) is 2.55. The first kappa shape index (κ1) is 21.8. The summed E-state index contributed by atoms with van der Waals surface area (Å²) in [5, 5.41) is 2.83. The van der Waals surface area contributed by atoms with Gasteiger partial charge in [-0.25, -0.2) is 4.79 Å². The molecule has 160 valence electrons. The minimum Gasteiger partial charge on any atom is -0.496 e. The Morgan fingerprint density at radius 1 is 1.00 bits per heavy atom. The lowest BCUT2D eigenvalue weighted by Crippen LogP contribution is -2.48. The van der Waals surface area contributed by atoms with Gasteiger partial charge in [0.2, 0.25) is 5.91 Å². The molecule has 1 aliphatic rings. The predicted molar refractivity (Wildman–Crippen MR) is 116 cm³/mol. The molecule has 1 N–H and O–H groups in total. The zero-order valence-corrected chi connectivity index (χ0v) is 17.8. The highest BCUT2D eigenvalue weighted by Gasteiger charge is 2.21. The van der Waals surface area contributed by atoms with E-state index in [0.717, 1.165) is 38.5 Å². The average molecular weight is 412 g/mol. The molecule has 0 bridgehead atoms. The van der Waals surface area contributed by atoms with Crippen LogP contribution in [-0.2, 0) is 16.1 Å². The minimum atomic E-state index is -0.467. The summed E-state index contributed by atoms with van der Waals surface area (Å²) in [6.45, 7) is 6.57. The summed E-state index contributed by atoms with van der Waals surface area (Å²) in [4.78, 5) is 28.9. The molecule has 7 nitrogen and oxygen atoms in total. The third kappa shape index (κ3) is 5.58. The number of aryl methyl sites for hydroxylation is 1. The molecule has 1 heterocycles. The van der Waals surface area contributed by atoms with E-state index >= 15 is 0 Å². The minimum absolute atomic E-state index is 0.139. The first-order chi connectivity index (χ1) is 14.5. The van der Waals surface area contributed by atoms with E-state index in [4.69, 9.17) is 9.47 Å². The van der Waals surface area contributed by atoms with Crippen LogP contribution in [0.2, 0.25) is 0 Å². The van der Waals surface area contributed by atoms with Gasteiger partial charge in [-0.1, -0.05) is 29.8 Å². The molecule has 0 radical (unpaired) electrons. The van der Waals surface area contributed by atoms with Crippen LogP contribution in [-0.4, -0.2) is 68.6 Å². The Morgan fingerprint density at radius 2 is 1.70 bits per heavy atom. The third-order valence-electron chi connectivity index (χ3n) is 5.27. The average Bonchev–Trinajstić information content (AvgIpc) is 2.75. The van der Waals surface area contributed by atoms with Crippen molar-refractivity contribution in [3.63, 3.8) is 0 Å². The number of rotatable bonds is 7. The summed E-state index contributed by atoms with van der Waals surface area (Å²) < 4.78 is 10.3. The van der Waals surface area contributed by atoms with Crippen LogP contribution in [0.5, 0.6) is 5.75 Å². The number of nitrogens with zero attached hydrogens (tertiary/aromatic N) is 2.